The van der Waals surface area contributed by atoms with Crippen molar-refractivity contribution in [3.63, 3.8) is 0 Å². The first kappa shape index (κ1) is 12.3. The van der Waals surface area contributed by atoms with Gasteiger partial charge in [-0.1, -0.05) is 36.8 Å². The lowest BCUT2D eigenvalue weighted by Gasteiger charge is -2.30. The lowest BCUT2D eigenvalue weighted by Crippen LogP contribution is -2.36. The van der Waals surface area contributed by atoms with Gasteiger partial charge in [-0.15, -0.1) is 0 Å². The molecule has 17 heavy (non-hydrogen) atoms. The Balaban J connectivity index is 1.99. The summed E-state index contributed by atoms with van der Waals surface area (Å²) in [6.45, 7) is 7.47. The van der Waals surface area contributed by atoms with Gasteiger partial charge in [-0.3, -0.25) is 4.79 Å². The van der Waals surface area contributed by atoms with Gasteiger partial charge in [-0.05, 0) is 39.4 Å². The average molecular weight is 231 g/mol. The Morgan fingerprint density at radius 2 is 1.82 bits per heavy atom. The van der Waals surface area contributed by atoms with E-state index < -0.39 is 0 Å². The highest BCUT2D eigenvalue weighted by Gasteiger charge is 2.24. The van der Waals surface area contributed by atoms with Crippen molar-refractivity contribution in [2.24, 2.45) is 5.92 Å². The number of piperidine rings is 1. The summed E-state index contributed by atoms with van der Waals surface area (Å²) in [4.78, 5) is 14.7. The summed E-state index contributed by atoms with van der Waals surface area (Å²) in [5.74, 6) is 0.571. The van der Waals surface area contributed by atoms with Crippen LogP contribution in [0.1, 0.15) is 35.7 Å². The molecule has 1 fully saturated rings. The number of rotatable bonds is 3. The topological polar surface area (TPSA) is 20.3 Å². The standard InChI is InChI=1S/C15H21NO/c1-3-16-10-8-14(9-11-16)15(17)13-6-4-12(2)5-7-13/h4-7,14H,3,8-11H2,1-2H3. The van der Waals surface area contributed by atoms with Crippen molar-refractivity contribution in [2.75, 3.05) is 19.6 Å². The molecular weight excluding hydrogens is 210 g/mol. The minimum absolute atomic E-state index is 0.237. The maximum Gasteiger partial charge on any atom is 0.166 e. The third-order valence-electron chi connectivity index (χ3n) is 3.74. The summed E-state index contributed by atoms with van der Waals surface area (Å²) in [5, 5.41) is 0. The van der Waals surface area contributed by atoms with Crippen LogP contribution in [0.5, 0.6) is 0 Å². The molecule has 2 nitrogen and oxygen atoms in total. The molecule has 2 rings (SSSR count). The fourth-order valence-corrected chi connectivity index (χ4v) is 2.46. The van der Waals surface area contributed by atoms with Gasteiger partial charge in [0.25, 0.3) is 0 Å². The van der Waals surface area contributed by atoms with Crippen molar-refractivity contribution in [2.45, 2.75) is 26.7 Å². The zero-order valence-electron chi connectivity index (χ0n) is 10.8. The van der Waals surface area contributed by atoms with Crippen LogP contribution in [0.15, 0.2) is 24.3 Å². The van der Waals surface area contributed by atoms with Gasteiger partial charge >= 0.3 is 0 Å². The highest BCUT2D eigenvalue weighted by atomic mass is 16.1. The number of benzene rings is 1. The molecule has 1 heterocycles. The molecular formula is C15H21NO. The summed E-state index contributed by atoms with van der Waals surface area (Å²) < 4.78 is 0. The van der Waals surface area contributed by atoms with Crippen molar-refractivity contribution in [3.8, 4) is 0 Å². The third-order valence-corrected chi connectivity index (χ3v) is 3.74. The van der Waals surface area contributed by atoms with Gasteiger partial charge in [0.05, 0.1) is 0 Å². The van der Waals surface area contributed by atoms with Crippen LogP contribution in [-0.2, 0) is 0 Å². The summed E-state index contributed by atoms with van der Waals surface area (Å²) in [7, 11) is 0. The quantitative estimate of drug-likeness (QED) is 0.745. The highest BCUT2D eigenvalue weighted by Crippen LogP contribution is 2.21. The maximum absolute atomic E-state index is 12.3. The van der Waals surface area contributed by atoms with E-state index in [0.717, 1.165) is 38.0 Å². The predicted octanol–water partition coefficient (Wildman–Crippen LogP) is 2.91. The van der Waals surface area contributed by atoms with Gasteiger partial charge in [-0.2, -0.15) is 0 Å². The van der Waals surface area contributed by atoms with Crippen molar-refractivity contribution in [1.29, 1.82) is 0 Å². The predicted molar refractivity (Wildman–Crippen MR) is 70.3 cm³/mol. The number of hydrogen-bond donors (Lipinski definition) is 0. The summed E-state index contributed by atoms with van der Waals surface area (Å²) in [6.07, 6.45) is 2.03. The van der Waals surface area contributed by atoms with E-state index in [4.69, 9.17) is 0 Å². The number of nitrogens with zero attached hydrogens (tertiary/aromatic N) is 1. The molecule has 1 aromatic carbocycles. The van der Waals surface area contributed by atoms with Crippen LogP contribution < -0.4 is 0 Å². The van der Waals surface area contributed by atoms with Gasteiger partial charge in [0, 0.05) is 11.5 Å². The molecule has 0 bridgehead atoms. The molecule has 0 aliphatic carbocycles. The van der Waals surface area contributed by atoms with E-state index in [1.165, 1.54) is 5.56 Å². The molecule has 0 amide bonds. The number of Topliss-reactive ketones (excluding diaryl/α,β-unsaturated/α-hetero) is 1. The monoisotopic (exact) mass is 231 g/mol. The Morgan fingerprint density at radius 3 is 2.35 bits per heavy atom. The molecule has 0 saturated carbocycles. The molecule has 1 aliphatic rings. The van der Waals surface area contributed by atoms with Gasteiger partial charge in [-0.25, -0.2) is 0 Å². The van der Waals surface area contributed by atoms with Gasteiger partial charge in [0.2, 0.25) is 0 Å². The molecule has 1 aromatic rings. The van der Waals surface area contributed by atoms with Gasteiger partial charge in [0.15, 0.2) is 5.78 Å². The minimum Gasteiger partial charge on any atom is -0.304 e. The van der Waals surface area contributed by atoms with Crippen molar-refractivity contribution < 1.29 is 4.79 Å². The van der Waals surface area contributed by atoms with E-state index in [0.29, 0.717) is 5.78 Å². The molecule has 1 saturated heterocycles. The Kier molecular flexibility index (Phi) is 3.95. The van der Waals surface area contributed by atoms with Crippen molar-refractivity contribution in [3.05, 3.63) is 35.4 Å². The molecule has 92 valence electrons. The lowest BCUT2D eigenvalue weighted by molar-refractivity contribution is 0.0844. The van der Waals surface area contributed by atoms with Crippen molar-refractivity contribution in [1.82, 2.24) is 4.90 Å². The van der Waals surface area contributed by atoms with Crippen LogP contribution in [0.2, 0.25) is 0 Å². The number of carbonyl (C=O) groups is 1. The zero-order valence-corrected chi connectivity index (χ0v) is 10.8. The Labute approximate surface area is 104 Å². The van der Waals surface area contributed by atoms with E-state index >= 15 is 0 Å². The van der Waals surface area contributed by atoms with Crippen LogP contribution in [0, 0.1) is 12.8 Å². The molecule has 0 radical (unpaired) electrons. The highest BCUT2D eigenvalue weighted by molar-refractivity contribution is 5.97. The molecule has 0 spiro atoms. The smallest absolute Gasteiger partial charge is 0.166 e. The minimum atomic E-state index is 0.237. The van der Waals surface area contributed by atoms with E-state index in [2.05, 4.69) is 11.8 Å². The second-order valence-corrected chi connectivity index (χ2v) is 4.94. The zero-order chi connectivity index (χ0) is 12.3. The third kappa shape index (κ3) is 2.95. The average Bonchev–Trinajstić information content (AvgIpc) is 2.39. The fraction of sp³-hybridized carbons (Fsp3) is 0.533. The SMILES string of the molecule is CCN1CCC(C(=O)c2ccc(C)cc2)CC1. The van der Waals surface area contributed by atoms with Gasteiger partial charge < -0.3 is 4.90 Å². The molecule has 0 N–H and O–H groups in total. The number of hydrogen-bond acceptors (Lipinski definition) is 2. The van der Waals surface area contributed by atoms with E-state index in [9.17, 15) is 4.79 Å². The van der Waals surface area contributed by atoms with E-state index in [1.807, 2.05) is 31.2 Å². The molecule has 0 aromatic heterocycles. The Morgan fingerprint density at radius 1 is 1.24 bits per heavy atom. The van der Waals surface area contributed by atoms with Crippen LogP contribution in [0.25, 0.3) is 0 Å². The second-order valence-electron chi connectivity index (χ2n) is 4.94. The maximum atomic E-state index is 12.3. The molecule has 0 unspecified atom stereocenters. The number of carbonyl (C=O) groups excluding carboxylic acids is 1. The Bertz CT molecular complexity index is 374. The lowest BCUT2D eigenvalue weighted by atomic mass is 9.88. The first-order valence-electron chi connectivity index (χ1n) is 6.54. The molecule has 0 atom stereocenters. The van der Waals surface area contributed by atoms with Crippen LogP contribution in [-0.4, -0.2) is 30.3 Å². The summed E-state index contributed by atoms with van der Waals surface area (Å²) in [6, 6.07) is 7.97. The van der Waals surface area contributed by atoms with Crippen LogP contribution in [0.3, 0.4) is 0 Å². The molecule has 1 aliphatic heterocycles. The summed E-state index contributed by atoms with van der Waals surface area (Å²) in [5.41, 5.74) is 2.09. The first-order valence-corrected chi connectivity index (χ1v) is 6.54. The molecule has 2 heteroatoms. The van der Waals surface area contributed by atoms with Crippen LogP contribution in [0.4, 0.5) is 0 Å². The Hall–Kier alpha value is -1.15. The first-order chi connectivity index (χ1) is 8.20. The van der Waals surface area contributed by atoms with E-state index in [1.54, 1.807) is 0 Å². The fourth-order valence-electron chi connectivity index (χ4n) is 2.46. The second kappa shape index (κ2) is 5.46. The van der Waals surface area contributed by atoms with Crippen LogP contribution >= 0.6 is 0 Å². The largest absolute Gasteiger partial charge is 0.304 e. The van der Waals surface area contributed by atoms with E-state index in [-0.39, 0.29) is 5.92 Å². The number of likely N-dealkylation sites (tertiary alicyclic amines) is 1. The normalized spacial score (nSPS) is 18.2. The number of ketones is 1. The van der Waals surface area contributed by atoms with Crippen molar-refractivity contribution >= 4 is 5.78 Å². The number of aryl methyl sites for hydroxylation is 1. The van der Waals surface area contributed by atoms with Gasteiger partial charge in [0.1, 0.15) is 0 Å². The summed E-state index contributed by atoms with van der Waals surface area (Å²) >= 11 is 0.